The summed E-state index contributed by atoms with van der Waals surface area (Å²) in [7, 11) is 3.61. The molecule has 0 radical (unpaired) electrons. The van der Waals surface area contributed by atoms with Gasteiger partial charge in [-0.05, 0) is 33.6 Å². The lowest BCUT2D eigenvalue weighted by Crippen LogP contribution is -2.20. The van der Waals surface area contributed by atoms with E-state index in [1.165, 1.54) is 6.33 Å². The van der Waals surface area contributed by atoms with E-state index in [-0.39, 0.29) is 0 Å². The molecule has 0 bridgehead atoms. The lowest BCUT2D eigenvalue weighted by atomic mass is 10.2. The van der Waals surface area contributed by atoms with Crippen LogP contribution in [0.4, 0.5) is 11.6 Å². The van der Waals surface area contributed by atoms with Gasteiger partial charge in [-0.3, -0.25) is 0 Å². The first kappa shape index (κ1) is 14.5. The minimum atomic E-state index is 0.549. The number of halogens is 1. The van der Waals surface area contributed by atoms with E-state index < -0.39 is 0 Å². The zero-order valence-electron chi connectivity index (χ0n) is 11.3. The summed E-state index contributed by atoms with van der Waals surface area (Å²) in [6.45, 7) is 0.691. The number of benzene rings is 1. The van der Waals surface area contributed by atoms with Crippen molar-refractivity contribution in [2.24, 2.45) is 5.84 Å². The van der Waals surface area contributed by atoms with Crippen LogP contribution in [0.1, 0.15) is 5.56 Å². The number of ether oxygens (including phenoxy) is 1. The van der Waals surface area contributed by atoms with Crippen molar-refractivity contribution in [2.45, 2.75) is 6.54 Å². The maximum Gasteiger partial charge on any atom is 0.159 e. The van der Waals surface area contributed by atoms with E-state index in [1.54, 1.807) is 7.11 Å². The van der Waals surface area contributed by atoms with Crippen LogP contribution < -0.4 is 20.9 Å². The van der Waals surface area contributed by atoms with Crippen LogP contribution in [0.5, 0.6) is 5.75 Å². The standard InChI is InChI=1S/C13H16BrN5O/c1-19(7-9-4-3-5-10(6-9)20-2)13-11(14)12(18-15)16-8-17-13/h3-6,8H,7,15H2,1-2H3,(H,16,17,18). The monoisotopic (exact) mass is 337 g/mol. The van der Waals surface area contributed by atoms with Crippen LogP contribution in [0.3, 0.4) is 0 Å². The Balaban J connectivity index is 2.21. The van der Waals surface area contributed by atoms with Crippen molar-refractivity contribution in [2.75, 3.05) is 24.5 Å². The second-order valence-electron chi connectivity index (χ2n) is 4.21. The van der Waals surface area contributed by atoms with Crippen LogP contribution in [0.15, 0.2) is 35.1 Å². The Bertz CT molecular complexity index is 593. The topological polar surface area (TPSA) is 76.3 Å². The number of anilines is 2. The van der Waals surface area contributed by atoms with Gasteiger partial charge >= 0.3 is 0 Å². The molecule has 0 aliphatic heterocycles. The molecule has 0 unspecified atom stereocenters. The zero-order chi connectivity index (χ0) is 14.5. The van der Waals surface area contributed by atoms with Crippen LogP contribution >= 0.6 is 15.9 Å². The van der Waals surface area contributed by atoms with Gasteiger partial charge in [0.05, 0.1) is 7.11 Å². The summed E-state index contributed by atoms with van der Waals surface area (Å²) in [6, 6.07) is 7.91. The van der Waals surface area contributed by atoms with E-state index in [4.69, 9.17) is 10.6 Å². The van der Waals surface area contributed by atoms with Gasteiger partial charge in [-0.25, -0.2) is 15.8 Å². The van der Waals surface area contributed by atoms with Crippen molar-refractivity contribution in [3.63, 3.8) is 0 Å². The van der Waals surface area contributed by atoms with E-state index in [0.29, 0.717) is 12.4 Å². The Hall–Kier alpha value is -1.86. The summed E-state index contributed by atoms with van der Waals surface area (Å²) < 4.78 is 5.95. The molecule has 0 saturated heterocycles. The molecule has 3 N–H and O–H groups in total. The summed E-state index contributed by atoms with van der Waals surface area (Å²) in [5.74, 6) is 7.55. The molecule has 1 heterocycles. The van der Waals surface area contributed by atoms with Crippen molar-refractivity contribution in [3.05, 3.63) is 40.6 Å². The number of hydrogen-bond donors (Lipinski definition) is 2. The SMILES string of the molecule is COc1cccc(CN(C)c2ncnc(NN)c2Br)c1. The molecule has 20 heavy (non-hydrogen) atoms. The Labute approximate surface area is 126 Å². The molecule has 0 spiro atoms. The van der Waals surface area contributed by atoms with Crippen LogP contribution in [0.2, 0.25) is 0 Å². The first-order chi connectivity index (χ1) is 9.65. The molecule has 6 nitrogen and oxygen atoms in total. The maximum atomic E-state index is 5.40. The quantitative estimate of drug-likeness (QED) is 0.643. The van der Waals surface area contributed by atoms with Crippen molar-refractivity contribution >= 4 is 27.6 Å². The third-order valence-electron chi connectivity index (χ3n) is 2.82. The smallest absolute Gasteiger partial charge is 0.159 e. The lowest BCUT2D eigenvalue weighted by molar-refractivity contribution is 0.414. The van der Waals surface area contributed by atoms with Gasteiger partial charge < -0.3 is 15.1 Å². The average molecular weight is 338 g/mol. The normalized spacial score (nSPS) is 10.2. The second kappa shape index (κ2) is 6.53. The van der Waals surface area contributed by atoms with Crippen LogP contribution in [0.25, 0.3) is 0 Å². The van der Waals surface area contributed by atoms with Crippen LogP contribution in [-0.2, 0) is 6.54 Å². The molecule has 1 aromatic heterocycles. The summed E-state index contributed by atoms with van der Waals surface area (Å²) >= 11 is 3.45. The van der Waals surface area contributed by atoms with E-state index in [0.717, 1.165) is 21.6 Å². The summed E-state index contributed by atoms with van der Waals surface area (Å²) in [4.78, 5) is 10.3. The van der Waals surface area contributed by atoms with Gasteiger partial charge in [0, 0.05) is 13.6 Å². The van der Waals surface area contributed by atoms with Gasteiger partial charge in [-0.15, -0.1) is 0 Å². The van der Waals surface area contributed by atoms with Gasteiger partial charge in [-0.2, -0.15) is 0 Å². The number of hydrazine groups is 1. The molecule has 0 amide bonds. The molecule has 0 aliphatic rings. The summed E-state index contributed by atoms with van der Waals surface area (Å²) in [5.41, 5.74) is 3.65. The molecule has 0 fully saturated rings. The Morgan fingerprint density at radius 3 is 2.90 bits per heavy atom. The van der Waals surface area contributed by atoms with E-state index >= 15 is 0 Å². The highest BCUT2D eigenvalue weighted by atomic mass is 79.9. The number of nitrogens with two attached hydrogens (primary N) is 1. The van der Waals surface area contributed by atoms with Crippen molar-refractivity contribution in [3.8, 4) is 5.75 Å². The molecule has 0 aliphatic carbocycles. The third-order valence-corrected chi connectivity index (χ3v) is 3.55. The van der Waals surface area contributed by atoms with Gasteiger partial charge in [-0.1, -0.05) is 12.1 Å². The molecular weight excluding hydrogens is 322 g/mol. The highest BCUT2D eigenvalue weighted by molar-refractivity contribution is 9.10. The predicted octanol–water partition coefficient (Wildman–Crippen LogP) is 2.17. The van der Waals surface area contributed by atoms with Crippen molar-refractivity contribution in [1.29, 1.82) is 0 Å². The molecule has 2 rings (SSSR count). The lowest BCUT2D eigenvalue weighted by Gasteiger charge is -2.20. The number of nitrogen functional groups attached to an aromatic ring is 1. The Kier molecular flexibility index (Phi) is 4.75. The van der Waals surface area contributed by atoms with Gasteiger partial charge in [0.2, 0.25) is 0 Å². The number of rotatable bonds is 5. The first-order valence-electron chi connectivity index (χ1n) is 5.97. The summed E-state index contributed by atoms with van der Waals surface area (Å²) in [5, 5.41) is 0. The summed E-state index contributed by atoms with van der Waals surface area (Å²) in [6.07, 6.45) is 1.47. The Morgan fingerprint density at radius 1 is 1.40 bits per heavy atom. The van der Waals surface area contributed by atoms with Crippen LogP contribution in [-0.4, -0.2) is 24.1 Å². The predicted molar refractivity (Wildman–Crippen MR) is 82.6 cm³/mol. The van der Waals surface area contributed by atoms with Gasteiger partial charge in [0.1, 0.15) is 22.4 Å². The highest BCUT2D eigenvalue weighted by Crippen LogP contribution is 2.29. The third kappa shape index (κ3) is 3.17. The molecule has 0 atom stereocenters. The van der Waals surface area contributed by atoms with E-state index in [2.05, 4.69) is 31.3 Å². The number of nitrogens with one attached hydrogen (secondary N) is 1. The molecule has 7 heteroatoms. The molecule has 2 aromatic rings. The molecule has 1 aromatic carbocycles. The number of hydrogen-bond acceptors (Lipinski definition) is 6. The molecular formula is C13H16BrN5O. The highest BCUT2D eigenvalue weighted by Gasteiger charge is 2.12. The van der Waals surface area contributed by atoms with Crippen molar-refractivity contribution in [1.82, 2.24) is 9.97 Å². The van der Waals surface area contributed by atoms with Crippen LogP contribution in [0, 0.1) is 0 Å². The largest absolute Gasteiger partial charge is 0.497 e. The van der Waals surface area contributed by atoms with Gasteiger partial charge in [0.15, 0.2) is 5.82 Å². The maximum absolute atomic E-state index is 5.40. The van der Waals surface area contributed by atoms with E-state index in [1.807, 2.05) is 36.2 Å². The number of nitrogens with zero attached hydrogens (tertiary/aromatic N) is 3. The first-order valence-corrected chi connectivity index (χ1v) is 6.76. The number of methoxy groups -OCH3 is 1. The van der Waals surface area contributed by atoms with Gasteiger partial charge in [0.25, 0.3) is 0 Å². The molecule has 106 valence electrons. The molecule has 0 saturated carbocycles. The minimum absolute atomic E-state index is 0.549. The minimum Gasteiger partial charge on any atom is -0.497 e. The number of aromatic nitrogens is 2. The van der Waals surface area contributed by atoms with Crippen molar-refractivity contribution < 1.29 is 4.74 Å². The fourth-order valence-electron chi connectivity index (χ4n) is 1.85. The zero-order valence-corrected chi connectivity index (χ0v) is 12.9. The fourth-order valence-corrected chi connectivity index (χ4v) is 2.47. The Morgan fingerprint density at radius 2 is 2.20 bits per heavy atom. The van der Waals surface area contributed by atoms with E-state index in [9.17, 15) is 0 Å². The average Bonchev–Trinajstić information content (AvgIpc) is 2.47. The fraction of sp³-hybridized carbons (Fsp3) is 0.231. The second-order valence-corrected chi connectivity index (χ2v) is 5.00.